The number of hydrogen-bond acceptors (Lipinski definition) is 1. The Balaban J connectivity index is 2.32. The van der Waals surface area contributed by atoms with E-state index in [2.05, 4.69) is 31.0 Å². The number of aryl methyl sites for hydroxylation is 1. The minimum atomic E-state index is 0.416. The predicted octanol–water partition coefficient (Wildman–Crippen LogP) is 3.27. The first-order valence-electron chi connectivity index (χ1n) is 5.67. The highest BCUT2D eigenvalue weighted by Gasteiger charge is 2.33. The highest BCUT2D eigenvalue weighted by atomic mass is 15.1. The first-order valence-corrected chi connectivity index (χ1v) is 5.67. The molecule has 1 atom stereocenters. The van der Waals surface area contributed by atoms with Crippen molar-refractivity contribution >= 4 is 0 Å². The molecule has 0 amide bonds. The van der Waals surface area contributed by atoms with Gasteiger partial charge in [0.1, 0.15) is 0 Å². The van der Waals surface area contributed by atoms with Crippen LogP contribution in [0.15, 0.2) is 6.20 Å². The van der Waals surface area contributed by atoms with Gasteiger partial charge in [-0.2, -0.15) is 5.10 Å². The van der Waals surface area contributed by atoms with Crippen molar-refractivity contribution in [2.24, 2.45) is 5.41 Å². The fraction of sp³-hybridized carbons (Fsp3) is 0.750. The molecule has 1 heterocycles. The number of nitrogens with one attached hydrogen (secondary N) is 1. The van der Waals surface area contributed by atoms with Crippen LogP contribution < -0.4 is 0 Å². The maximum atomic E-state index is 4.18. The van der Waals surface area contributed by atoms with E-state index >= 15 is 0 Å². The fourth-order valence-corrected chi connectivity index (χ4v) is 2.52. The highest BCUT2D eigenvalue weighted by molar-refractivity contribution is 5.26. The Labute approximate surface area is 86.1 Å². The number of H-pyrrole nitrogens is 1. The fourth-order valence-electron chi connectivity index (χ4n) is 2.52. The van der Waals surface area contributed by atoms with Gasteiger partial charge in [-0.3, -0.25) is 5.10 Å². The lowest BCUT2D eigenvalue weighted by atomic mass is 9.69. The summed E-state index contributed by atoms with van der Waals surface area (Å²) < 4.78 is 0. The maximum absolute atomic E-state index is 4.18. The second-order valence-corrected chi connectivity index (χ2v) is 5.09. The minimum absolute atomic E-state index is 0.416. The Hall–Kier alpha value is -0.790. The van der Waals surface area contributed by atoms with E-state index in [1.165, 1.54) is 36.9 Å². The molecule has 2 rings (SSSR count). The Morgan fingerprint density at radius 1 is 1.57 bits per heavy atom. The second kappa shape index (κ2) is 3.41. The Morgan fingerprint density at radius 2 is 2.36 bits per heavy atom. The van der Waals surface area contributed by atoms with Crippen molar-refractivity contribution in [3.05, 3.63) is 17.5 Å². The molecule has 0 radical (unpaired) electrons. The van der Waals surface area contributed by atoms with Gasteiger partial charge in [0.25, 0.3) is 0 Å². The molecule has 2 nitrogen and oxygen atoms in total. The van der Waals surface area contributed by atoms with Crippen LogP contribution >= 0.6 is 0 Å². The van der Waals surface area contributed by atoms with E-state index in [-0.39, 0.29) is 0 Å². The minimum Gasteiger partial charge on any atom is -0.282 e. The molecule has 1 aliphatic rings. The zero-order chi connectivity index (χ0) is 10.2. The van der Waals surface area contributed by atoms with Gasteiger partial charge >= 0.3 is 0 Å². The lowest BCUT2D eigenvalue weighted by Crippen LogP contribution is -2.24. The van der Waals surface area contributed by atoms with Crippen LogP contribution in [-0.4, -0.2) is 10.2 Å². The van der Waals surface area contributed by atoms with Gasteiger partial charge in [0.15, 0.2) is 0 Å². The van der Waals surface area contributed by atoms with Crippen LogP contribution in [0.5, 0.6) is 0 Å². The molecule has 0 aromatic carbocycles. The van der Waals surface area contributed by atoms with Gasteiger partial charge in [0.05, 0.1) is 6.20 Å². The summed E-state index contributed by atoms with van der Waals surface area (Å²) in [6.07, 6.45) is 7.10. The van der Waals surface area contributed by atoms with Crippen molar-refractivity contribution in [2.75, 3.05) is 0 Å². The molecule has 0 saturated carbocycles. The monoisotopic (exact) mass is 192 g/mol. The summed E-state index contributed by atoms with van der Waals surface area (Å²) in [6.45, 7) is 7.04. The van der Waals surface area contributed by atoms with Gasteiger partial charge in [-0.25, -0.2) is 0 Å². The third-order valence-electron chi connectivity index (χ3n) is 3.90. The summed E-state index contributed by atoms with van der Waals surface area (Å²) in [7, 11) is 0. The van der Waals surface area contributed by atoms with Crippen LogP contribution in [0.3, 0.4) is 0 Å². The second-order valence-electron chi connectivity index (χ2n) is 5.09. The van der Waals surface area contributed by atoms with Gasteiger partial charge in [-0.15, -0.1) is 0 Å². The van der Waals surface area contributed by atoms with E-state index in [9.17, 15) is 0 Å². The topological polar surface area (TPSA) is 28.7 Å². The third-order valence-corrected chi connectivity index (χ3v) is 3.90. The van der Waals surface area contributed by atoms with E-state index in [0.29, 0.717) is 11.3 Å². The summed E-state index contributed by atoms with van der Waals surface area (Å²) in [5.74, 6) is 0.704. The normalized spacial score (nSPS) is 22.1. The summed E-state index contributed by atoms with van der Waals surface area (Å²) in [6, 6.07) is 0. The summed E-state index contributed by atoms with van der Waals surface area (Å²) in [5.41, 5.74) is 3.27. The molecule has 1 aliphatic carbocycles. The Bertz CT molecular complexity index is 312. The molecule has 78 valence electrons. The smallest absolute Gasteiger partial charge is 0.0525 e. The maximum Gasteiger partial charge on any atom is 0.0525 e. The SMILES string of the molecule is CCC(C)(C)C1CCCc2[nH]ncc21. The Morgan fingerprint density at radius 3 is 3.07 bits per heavy atom. The highest BCUT2D eigenvalue weighted by Crippen LogP contribution is 2.44. The molecule has 2 heteroatoms. The first-order chi connectivity index (χ1) is 6.65. The molecular weight excluding hydrogens is 172 g/mol. The standard InChI is InChI=1S/C12H20N2/c1-4-12(2,3)10-6-5-7-11-9(10)8-13-14-11/h8,10H,4-7H2,1-3H3,(H,13,14). The number of rotatable bonds is 2. The molecule has 0 aliphatic heterocycles. The van der Waals surface area contributed by atoms with Crippen molar-refractivity contribution in [2.45, 2.75) is 52.4 Å². The predicted molar refractivity (Wildman–Crippen MR) is 58.3 cm³/mol. The van der Waals surface area contributed by atoms with E-state index in [1.54, 1.807) is 0 Å². The Kier molecular flexibility index (Phi) is 2.38. The zero-order valence-corrected chi connectivity index (χ0v) is 9.43. The van der Waals surface area contributed by atoms with Crippen LogP contribution in [0.1, 0.15) is 57.2 Å². The number of aromatic amines is 1. The van der Waals surface area contributed by atoms with Crippen molar-refractivity contribution in [1.29, 1.82) is 0 Å². The van der Waals surface area contributed by atoms with Gasteiger partial charge in [0, 0.05) is 5.69 Å². The lowest BCUT2D eigenvalue weighted by Gasteiger charge is -2.36. The van der Waals surface area contributed by atoms with Gasteiger partial charge in [-0.05, 0) is 36.2 Å². The largest absolute Gasteiger partial charge is 0.282 e. The van der Waals surface area contributed by atoms with Crippen LogP contribution in [0.4, 0.5) is 0 Å². The first kappa shape index (κ1) is 9.75. The van der Waals surface area contributed by atoms with Crippen LogP contribution in [-0.2, 0) is 6.42 Å². The zero-order valence-electron chi connectivity index (χ0n) is 9.43. The molecule has 1 aromatic rings. The van der Waals surface area contributed by atoms with Gasteiger partial charge in [0.2, 0.25) is 0 Å². The average Bonchev–Trinajstić information content (AvgIpc) is 2.64. The van der Waals surface area contributed by atoms with Crippen molar-refractivity contribution in [3.63, 3.8) is 0 Å². The summed E-state index contributed by atoms with van der Waals surface area (Å²) in [5, 5.41) is 7.31. The van der Waals surface area contributed by atoms with E-state index in [0.717, 1.165) is 0 Å². The summed E-state index contributed by atoms with van der Waals surface area (Å²) >= 11 is 0. The lowest BCUT2D eigenvalue weighted by molar-refractivity contribution is 0.249. The van der Waals surface area contributed by atoms with Crippen LogP contribution in [0.25, 0.3) is 0 Å². The van der Waals surface area contributed by atoms with E-state index in [1.807, 2.05) is 6.20 Å². The van der Waals surface area contributed by atoms with Crippen LogP contribution in [0.2, 0.25) is 0 Å². The van der Waals surface area contributed by atoms with Crippen molar-refractivity contribution < 1.29 is 0 Å². The van der Waals surface area contributed by atoms with E-state index in [4.69, 9.17) is 0 Å². The van der Waals surface area contributed by atoms with E-state index < -0.39 is 0 Å². The van der Waals surface area contributed by atoms with Crippen molar-refractivity contribution in [1.82, 2.24) is 10.2 Å². The van der Waals surface area contributed by atoms with Crippen molar-refractivity contribution in [3.8, 4) is 0 Å². The molecule has 0 spiro atoms. The average molecular weight is 192 g/mol. The van der Waals surface area contributed by atoms with Gasteiger partial charge in [-0.1, -0.05) is 27.2 Å². The number of aromatic nitrogens is 2. The molecule has 0 bridgehead atoms. The number of nitrogens with zero attached hydrogens (tertiary/aromatic N) is 1. The molecule has 0 fully saturated rings. The molecule has 14 heavy (non-hydrogen) atoms. The number of fused-ring (bicyclic) bond motifs is 1. The molecule has 1 unspecified atom stereocenters. The molecule has 1 N–H and O–H groups in total. The molecular formula is C12H20N2. The number of hydrogen-bond donors (Lipinski definition) is 1. The third kappa shape index (κ3) is 1.47. The van der Waals surface area contributed by atoms with Gasteiger partial charge < -0.3 is 0 Å². The van der Waals surface area contributed by atoms with Crippen LogP contribution in [0, 0.1) is 5.41 Å². The molecule has 1 aromatic heterocycles. The summed E-state index contributed by atoms with van der Waals surface area (Å²) in [4.78, 5) is 0. The quantitative estimate of drug-likeness (QED) is 0.765. The molecule has 0 saturated heterocycles.